The summed E-state index contributed by atoms with van der Waals surface area (Å²) in [5, 5.41) is 0. The van der Waals surface area contributed by atoms with Crippen molar-refractivity contribution in [2.75, 3.05) is 19.8 Å². The number of fused-ring (bicyclic) bond motifs is 1. The Kier molecular flexibility index (Phi) is 2.61. The highest BCUT2D eigenvalue weighted by molar-refractivity contribution is 5.03. The number of rotatable bonds is 5. The molecule has 0 aromatic heterocycles. The van der Waals surface area contributed by atoms with Crippen LogP contribution in [0.25, 0.3) is 0 Å². The van der Waals surface area contributed by atoms with Crippen LogP contribution in [0.5, 0.6) is 0 Å². The first-order valence-corrected chi connectivity index (χ1v) is 5.57. The molecule has 2 aliphatic carbocycles. The zero-order chi connectivity index (χ0) is 9.31. The maximum Gasteiger partial charge on any atom is 0.0471 e. The van der Waals surface area contributed by atoms with Gasteiger partial charge in [-0.15, -0.1) is 0 Å². The van der Waals surface area contributed by atoms with E-state index in [0.29, 0.717) is 5.41 Å². The molecule has 2 heteroatoms. The molecule has 2 atom stereocenters. The van der Waals surface area contributed by atoms with Gasteiger partial charge in [-0.3, -0.25) is 0 Å². The molecular formula is C11H21NO. The average molecular weight is 183 g/mol. The molecule has 0 aromatic rings. The van der Waals surface area contributed by atoms with Crippen molar-refractivity contribution < 1.29 is 4.74 Å². The van der Waals surface area contributed by atoms with Gasteiger partial charge in [0.1, 0.15) is 0 Å². The molecule has 2 fully saturated rings. The van der Waals surface area contributed by atoms with Crippen molar-refractivity contribution in [2.45, 2.75) is 32.6 Å². The second-order valence-electron chi connectivity index (χ2n) is 4.82. The van der Waals surface area contributed by atoms with Crippen LogP contribution in [0.1, 0.15) is 32.6 Å². The summed E-state index contributed by atoms with van der Waals surface area (Å²) in [6.45, 7) is 4.68. The molecule has 2 aliphatic rings. The van der Waals surface area contributed by atoms with E-state index < -0.39 is 0 Å². The highest BCUT2D eigenvalue weighted by atomic mass is 16.5. The van der Waals surface area contributed by atoms with E-state index in [4.69, 9.17) is 10.5 Å². The van der Waals surface area contributed by atoms with Crippen LogP contribution in [-0.2, 0) is 4.74 Å². The van der Waals surface area contributed by atoms with Crippen LogP contribution in [-0.4, -0.2) is 19.8 Å². The molecule has 0 amide bonds. The predicted molar refractivity (Wildman–Crippen MR) is 53.4 cm³/mol. The molecule has 0 radical (unpaired) electrons. The summed E-state index contributed by atoms with van der Waals surface area (Å²) in [7, 11) is 0. The molecule has 0 saturated heterocycles. The van der Waals surface area contributed by atoms with Crippen molar-refractivity contribution in [3.05, 3.63) is 0 Å². The van der Waals surface area contributed by atoms with Gasteiger partial charge in [0.05, 0.1) is 0 Å². The Morgan fingerprint density at radius 1 is 1.38 bits per heavy atom. The fourth-order valence-corrected chi connectivity index (χ4v) is 2.91. The van der Waals surface area contributed by atoms with E-state index in [9.17, 15) is 0 Å². The monoisotopic (exact) mass is 183 g/mol. The summed E-state index contributed by atoms with van der Waals surface area (Å²) in [4.78, 5) is 0. The number of ether oxygens (including phenoxy) is 1. The van der Waals surface area contributed by atoms with Crippen molar-refractivity contribution in [1.29, 1.82) is 0 Å². The normalized spacial score (nSPS) is 42.0. The van der Waals surface area contributed by atoms with Crippen LogP contribution < -0.4 is 5.73 Å². The lowest BCUT2D eigenvalue weighted by Gasteiger charge is -2.29. The lowest BCUT2D eigenvalue weighted by atomic mass is 9.80. The first-order valence-electron chi connectivity index (χ1n) is 5.57. The number of nitrogens with two attached hydrogens (primary N) is 1. The smallest absolute Gasteiger partial charge is 0.0471 e. The lowest BCUT2D eigenvalue weighted by Crippen LogP contribution is -2.30. The van der Waals surface area contributed by atoms with Crippen LogP contribution in [0.4, 0.5) is 0 Å². The number of hydrogen-bond acceptors (Lipinski definition) is 2. The second-order valence-corrected chi connectivity index (χ2v) is 4.82. The van der Waals surface area contributed by atoms with Crippen molar-refractivity contribution in [3.63, 3.8) is 0 Å². The van der Waals surface area contributed by atoms with Crippen LogP contribution in [0.15, 0.2) is 0 Å². The Labute approximate surface area is 80.8 Å². The molecule has 13 heavy (non-hydrogen) atoms. The Balaban J connectivity index is 1.78. The average Bonchev–Trinajstić information content (AvgIpc) is 2.76. The Morgan fingerprint density at radius 2 is 2.08 bits per heavy atom. The molecule has 2 N–H and O–H groups in total. The highest BCUT2D eigenvalue weighted by Crippen LogP contribution is 2.60. The van der Waals surface area contributed by atoms with Crippen LogP contribution in [0, 0.1) is 17.3 Å². The van der Waals surface area contributed by atoms with Crippen molar-refractivity contribution in [2.24, 2.45) is 23.0 Å². The van der Waals surface area contributed by atoms with Gasteiger partial charge in [0.2, 0.25) is 0 Å². The lowest BCUT2D eigenvalue weighted by molar-refractivity contribution is 0.101. The van der Waals surface area contributed by atoms with Gasteiger partial charge in [0.25, 0.3) is 0 Å². The van der Waals surface area contributed by atoms with Gasteiger partial charge >= 0.3 is 0 Å². The molecule has 0 bridgehead atoms. The molecule has 0 aromatic carbocycles. The summed E-state index contributed by atoms with van der Waals surface area (Å²) < 4.78 is 5.42. The second kappa shape index (κ2) is 3.58. The minimum atomic E-state index is 0.461. The molecule has 0 heterocycles. The van der Waals surface area contributed by atoms with E-state index in [-0.39, 0.29) is 0 Å². The highest BCUT2D eigenvalue weighted by Gasteiger charge is 2.52. The molecule has 2 saturated carbocycles. The Morgan fingerprint density at radius 3 is 2.62 bits per heavy atom. The van der Waals surface area contributed by atoms with E-state index in [2.05, 4.69) is 6.92 Å². The maximum absolute atomic E-state index is 5.88. The van der Waals surface area contributed by atoms with E-state index in [1.165, 1.54) is 25.7 Å². The minimum Gasteiger partial charge on any atom is -0.382 e. The summed E-state index contributed by atoms with van der Waals surface area (Å²) in [6, 6.07) is 0. The molecule has 0 spiro atoms. The van der Waals surface area contributed by atoms with Gasteiger partial charge in [-0.05, 0) is 56.4 Å². The third-order valence-electron chi connectivity index (χ3n) is 3.87. The molecular weight excluding hydrogens is 162 g/mol. The van der Waals surface area contributed by atoms with Gasteiger partial charge in [0, 0.05) is 13.2 Å². The topological polar surface area (TPSA) is 35.2 Å². The molecule has 2 nitrogen and oxygen atoms in total. The van der Waals surface area contributed by atoms with Crippen LogP contribution in [0.3, 0.4) is 0 Å². The number of hydrogen-bond donors (Lipinski definition) is 1. The Bertz CT molecular complexity index is 171. The largest absolute Gasteiger partial charge is 0.382 e. The molecule has 0 aliphatic heterocycles. The van der Waals surface area contributed by atoms with Crippen LogP contribution in [0.2, 0.25) is 0 Å². The minimum absolute atomic E-state index is 0.461. The van der Waals surface area contributed by atoms with Gasteiger partial charge < -0.3 is 10.5 Å². The van der Waals surface area contributed by atoms with E-state index >= 15 is 0 Å². The van der Waals surface area contributed by atoms with Crippen LogP contribution >= 0.6 is 0 Å². The summed E-state index contributed by atoms with van der Waals surface area (Å²) in [5.41, 5.74) is 6.34. The van der Waals surface area contributed by atoms with Crippen molar-refractivity contribution in [1.82, 2.24) is 0 Å². The van der Waals surface area contributed by atoms with E-state index in [1.807, 2.05) is 0 Å². The first kappa shape index (κ1) is 9.47. The van der Waals surface area contributed by atoms with E-state index in [0.717, 1.165) is 31.6 Å². The fourth-order valence-electron chi connectivity index (χ4n) is 2.91. The standard InChI is InChI=1S/C11H21NO/c1-2-13-4-3-11(8-12)6-9-5-10(9)7-11/h9-10H,2-8,12H2,1H3. The van der Waals surface area contributed by atoms with Crippen molar-refractivity contribution in [3.8, 4) is 0 Å². The third-order valence-corrected chi connectivity index (χ3v) is 3.87. The zero-order valence-electron chi connectivity index (χ0n) is 8.59. The summed E-state index contributed by atoms with van der Waals surface area (Å²) in [6.07, 6.45) is 5.42. The predicted octanol–water partition coefficient (Wildman–Crippen LogP) is 1.79. The zero-order valence-corrected chi connectivity index (χ0v) is 8.59. The SMILES string of the molecule is CCOCCC1(CN)CC2CC2C1. The molecule has 76 valence electrons. The van der Waals surface area contributed by atoms with Gasteiger partial charge in [-0.25, -0.2) is 0 Å². The quantitative estimate of drug-likeness (QED) is 0.659. The van der Waals surface area contributed by atoms with Gasteiger partial charge in [0.15, 0.2) is 0 Å². The Hall–Kier alpha value is -0.0800. The third kappa shape index (κ3) is 1.89. The first-order chi connectivity index (χ1) is 6.29. The van der Waals surface area contributed by atoms with Gasteiger partial charge in [-0.2, -0.15) is 0 Å². The molecule has 2 unspecified atom stereocenters. The fraction of sp³-hybridized carbons (Fsp3) is 1.00. The summed E-state index contributed by atoms with van der Waals surface area (Å²) in [5.74, 6) is 2.07. The molecule has 2 rings (SSSR count). The van der Waals surface area contributed by atoms with Crippen molar-refractivity contribution >= 4 is 0 Å². The summed E-state index contributed by atoms with van der Waals surface area (Å²) >= 11 is 0. The van der Waals surface area contributed by atoms with Gasteiger partial charge in [-0.1, -0.05) is 0 Å². The maximum atomic E-state index is 5.88. The van der Waals surface area contributed by atoms with E-state index in [1.54, 1.807) is 0 Å².